The Labute approximate surface area is 240 Å². The minimum absolute atomic E-state index is 0.0209. The molecule has 0 atom stereocenters. The number of unbranched alkanes of at least 4 members (excludes halogenated alkanes) is 1. The fourth-order valence-electron chi connectivity index (χ4n) is 7.04. The summed E-state index contributed by atoms with van der Waals surface area (Å²) in [5.74, 6) is 0.667. The predicted octanol–water partition coefficient (Wildman–Crippen LogP) is 5.12. The number of rotatable bonds is 10. The van der Waals surface area contributed by atoms with Gasteiger partial charge in [-0.2, -0.15) is 5.21 Å². The molecule has 2 aromatic heterocycles. The molecule has 214 valence electrons. The molecule has 3 aliphatic rings. The van der Waals surface area contributed by atoms with E-state index in [0.29, 0.717) is 31.4 Å². The second kappa shape index (κ2) is 11.1. The van der Waals surface area contributed by atoms with Crippen LogP contribution in [0.15, 0.2) is 53.3 Å². The lowest BCUT2D eigenvalue weighted by molar-refractivity contribution is -0.147. The maximum absolute atomic E-state index is 14.3. The van der Waals surface area contributed by atoms with E-state index in [4.69, 9.17) is 0 Å². The predicted molar refractivity (Wildman–Crippen MR) is 159 cm³/mol. The van der Waals surface area contributed by atoms with Crippen LogP contribution in [-0.2, 0) is 23.2 Å². The number of hydrogen-bond acceptors (Lipinski definition) is 5. The van der Waals surface area contributed by atoms with Gasteiger partial charge in [0.2, 0.25) is 5.82 Å². The first kappa shape index (κ1) is 27.2. The Morgan fingerprint density at radius 1 is 1.02 bits per heavy atom. The molecule has 4 heterocycles. The van der Waals surface area contributed by atoms with E-state index in [-0.39, 0.29) is 11.5 Å². The zero-order valence-electron chi connectivity index (χ0n) is 24.3. The third kappa shape index (κ3) is 4.51. The van der Waals surface area contributed by atoms with Crippen molar-refractivity contribution in [3.05, 3.63) is 75.7 Å². The van der Waals surface area contributed by atoms with Gasteiger partial charge >= 0.3 is 0 Å². The molecule has 2 bridgehead atoms. The molecule has 9 heteroatoms. The number of tetrazole rings is 1. The first-order chi connectivity index (χ1) is 20.0. The van der Waals surface area contributed by atoms with Gasteiger partial charge in [0.25, 0.3) is 11.5 Å². The lowest BCUT2D eigenvalue weighted by Gasteiger charge is -2.49. The van der Waals surface area contributed by atoms with Gasteiger partial charge in [-0.1, -0.05) is 61.9 Å². The molecule has 2 aliphatic heterocycles. The average molecular weight is 554 g/mol. The van der Waals surface area contributed by atoms with Gasteiger partial charge in [-0.25, -0.2) is 4.68 Å². The summed E-state index contributed by atoms with van der Waals surface area (Å²) in [5, 5.41) is 14.6. The topological polar surface area (TPSA) is 102 Å². The van der Waals surface area contributed by atoms with Gasteiger partial charge < -0.3 is 4.90 Å². The summed E-state index contributed by atoms with van der Waals surface area (Å²) in [5.41, 5.74) is 5.31. The van der Waals surface area contributed by atoms with Crippen LogP contribution >= 0.6 is 0 Å². The maximum Gasteiger partial charge on any atom is 0.271 e. The van der Waals surface area contributed by atoms with Crippen molar-refractivity contribution in [1.82, 2.24) is 34.9 Å². The molecule has 1 saturated carbocycles. The Bertz CT molecular complexity index is 1570. The number of likely N-dealkylation sites (N-methyl/N-ethyl adjacent to an activating group) is 1. The number of hydrogen-bond donors (Lipinski definition) is 1. The molecule has 7 rings (SSSR count). The van der Waals surface area contributed by atoms with Crippen LogP contribution in [0.25, 0.3) is 22.5 Å². The fraction of sp³-hybridized carbons (Fsp3) is 0.469. The molecular weight excluding hydrogens is 514 g/mol. The molecule has 0 saturated heterocycles. The third-order valence-corrected chi connectivity index (χ3v) is 9.20. The van der Waals surface area contributed by atoms with Crippen molar-refractivity contribution in [2.45, 2.75) is 83.7 Å². The molecule has 1 amide bonds. The highest BCUT2D eigenvalue weighted by Crippen LogP contribution is 2.47. The summed E-state index contributed by atoms with van der Waals surface area (Å²) in [6.07, 6.45) is 6.89. The molecule has 2 aromatic carbocycles. The zero-order valence-corrected chi connectivity index (χ0v) is 24.3. The number of nitrogens with zero attached hydrogens (tertiary/aromatic N) is 6. The van der Waals surface area contributed by atoms with Gasteiger partial charge in [0.05, 0.1) is 6.04 Å². The Morgan fingerprint density at radius 2 is 1.73 bits per heavy atom. The molecule has 9 nitrogen and oxygen atoms in total. The van der Waals surface area contributed by atoms with E-state index in [2.05, 4.69) is 62.6 Å². The van der Waals surface area contributed by atoms with Crippen LogP contribution in [0.2, 0.25) is 0 Å². The molecule has 4 aromatic rings. The number of amides is 1. The number of fused-ring (bicyclic) bond motifs is 2. The fourth-order valence-corrected chi connectivity index (χ4v) is 7.04. The van der Waals surface area contributed by atoms with E-state index in [1.54, 1.807) is 0 Å². The lowest BCUT2D eigenvalue weighted by atomic mass is 9.76. The molecule has 0 radical (unpaired) electrons. The van der Waals surface area contributed by atoms with Crippen LogP contribution in [0, 0.1) is 0 Å². The molecule has 1 aliphatic carbocycles. The van der Waals surface area contributed by atoms with Gasteiger partial charge in [-0.3, -0.25) is 14.3 Å². The van der Waals surface area contributed by atoms with Gasteiger partial charge in [-0.15, -0.1) is 10.2 Å². The van der Waals surface area contributed by atoms with Crippen LogP contribution in [-0.4, -0.2) is 53.9 Å². The standard InChI is InChI=1S/C32H39N7O2/c1-4-7-12-28-27(30(40)39-32(31(41)37(5-2)6-3)19-17-24(18-20-32)38(28)39)21-22-13-15-23(16-14-22)25-10-8-9-11-26(25)29-33-35-36-34-29/h8-11,13-16,24H,4-7,12,17-21H2,1-3H3,(H,33,34,35,36). The van der Waals surface area contributed by atoms with Crippen LogP contribution in [0.5, 0.6) is 0 Å². The smallest absolute Gasteiger partial charge is 0.271 e. The van der Waals surface area contributed by atoms with Gasteiger partial charge in [0.1, 0.15) is 5.54 Å². The largest absolute Gasteiger partial charge is 0.341 e. The van der Waals surface area contributed by atoms with Crippen molar-refractivity contribution in [2.24, 2.45) is 0 Å². The number of carbonyl (C=O) groups is 1. The van der Waals surface area contributed by atoms with E-state index < -0.39 is 5.54 Å². The monoisotopic (exact) mass is 553 g/mol. The van der Waals surface area contributed by atoms with Crippen LogP contribution in [0.3, 0.4) is 0 Å². The minimum atomic E-state index is -0.764. The number of nitrogens with one attached hydrogen (secondary N) is 1. The molecule has 1 N–H and O–H groups in total. The van der Waals surface area contributed by atoms with Crippen molar-refractivity contribution >= 4 is 5.91 Å². The first-order valence-corrected chi connectivity index (χ1v) is 15.1. The highest BCUT2D eigenvalue weighted by molar-refractivity contribution is 5.85. The molecular formula is C32H39N7O2. The van der Waals surface area contributed by atoms with Crippen molar-refractivity contribution < 1.29 is 4.79 Å². The maximum atomic E-state index is 14.3. The summed E-state index contributed by atoms with van der Waals surface area (Å²) in [6, 6.07) is 16.7. The summed E-state index contributed by atoms with van der Waals surface area (Å²) >= 11 is 0. The van der Waals surface area contributed by atoms with E-state index in [1.807, 2.05) is 41.6 Å². The lowest BCUT2D eigenvalue weighted by Crippen LogP contribution is -2.60. The Morgan fingerprint density at radius 3 is 2.37 bits per heavy atom. The Kier molecular flexibility index (Phi) is 7.36. The van der Waals surface area contributed by atoms with Crippen LogP contribution in [0.1, 0.15) is 82.2 Å². The number of benzene rings is 2. The SMILES string of the molecule is CCCCc1c(Cc2ccc(-c3ccccc3-c3nn[nH]n3)cc2)c(=O)n2n1C1CCC2(C(=O)N(CC)CC)CC1. The van der Waals surface area contributed by atoms with E-state index in [0.717, 1.165) is 78.5 Å². The first-order valence-electron chi connectivity index (χ1n) is 15.1. The quantitative estimate of drug-likeness (QED) is 0.294. The number of H-pyrrole nitrogens is 1. The normalized spacial score (nSPS) is 19.3. The summed E-state index contributed by atoms with van der Waals surface area (Å²) in [4.78, 5) is 30.2. The molecule has 1 fully saturated rings. The van der Waals surface area contributed by atoms with Crippen molar-refractivity contribution in [1.29, 1.82) is 0 Å². The van der Waals surface area contributed by atoms with Gasteiger partial charge in [-0.05, 0) is 74.3 Å². The number of carbonyl (C=O) groups excluding carboxylic acids is 1. The Hall–Kier alpha value is -4.01. The molecule has 41 heavy (non-hydrogen) atoms. The number of aromatic nitrogens is 6. The summed E-state index contributed by atoms with van der Waals surface area (Å²) in [7, 11) is 0. The number of aromatic amines is 1. The summed E-state index contributed by atoms with van der Waals surface area (Å²) < 4.78 is 4.17. The molecule has 0 unspecified atom stereocenters. The third-order valence-electron chi connectivity index (χ3n) is 9.20. The Balaban J connectivity index is 1.39. The highest BCUT2D eigenvalue weighted by atomic mass is 16.2. The average Bonchev–Trinajstić information content (AvgIpc) is 3.66. The van der Waals surface area contributed by atoms with Gasteiger partial charge in [0, 0.05) is 36.3 Å². The second-order valence-corrected chi connectivity index (χ2v) is 11.4. The van der Waals surface area contributed by atoms with E-state index >= 15 is 0 Å². The second-order valence-electron chi connectivity index (χ2n) is 11.4. The van der Waals surface area contributed by atoms with Gasteiger partial charge in [0.15, 0.2) is 0 Å². The van der Waals surface area contributed by atoms with E-state index in [1.165, 1.54) is 0 Å². The van der Waals surface area contributed by atoms with Crippen LogP contribution < -0.4 is 5.56 Å². The molecule has 0 spiro atoms. The van der Waals surface area contributed by atoms with Crippen molar-refractivity contribution in [3.63, 3.8) is 0 Å². The minimum Gasteiger partial charge on any atom is -0.341 e. The zero-order chi connectivity index (χ0) is 28.6. The van der Waals surface area contributed by atoms with Crippen molar-refractivity contribution in [2.75, 3.05) is 13.1 Å². The van der Waals surface area contributed by atoms with E-state index in [9.17, 15) is 9.59 Å². The highest BCUT2D eigenvalue weighted by Gasteiger charge is 2.53. The summed E-state index contributed by atoms with van der Waals surface area (Å²) in [6.45, 7) is 7.56. The van der Waals surface area contributed by atoms with Crippen LogP contribution in [0.4, 0.5) is 0 Å². The van der Waals surface area contributed by atoms with Crippen molar-refractivity contribution in [3.8, 4) is 22.5 Å².